The molecule has 1 aromatic carbocycles. The summed E-state index contributed by atoms with van der Waals surface area (Å²) >= 11 is 0. The monoisotopic (exact) mass is 286 g/mol. The molecule has 0 bridgehead atoms. The highest BCUT2D eigenvalue weighted by atomic mass is 16.2. The Morgan fingerprint density at radius 3 is 2.57 bits per heavy atom. The van der Waals surface area contributed by atoms with Gasteiger partial charge in [-0.1, -0.05) is 43.7 Å². The van der Waals surface area contributed by atoms with Crippen molar-refractivity contribution in [2.75, 3.05) is 32.7 Å². The molecule has 2 rings (SSSR count). The van der Waals surface area contributed by atoms with Gasteiger partial charge in [0.05, 0.1) is 0 Å². The van der Waals surface area contributed by atoms with Gasteiger partial charge in [-0.3, -0.25) is 9.69 Å². The summed E-state index contributed by atoms with van der Waals surface area (Å²) in [5.74, 6) is 0.814. The van der Waals surface area contributed by atoms with E-state index >= 15 is 0 Å². The quantitative estimate of drug-likeness (QED) is 0.795. The number of nitrogens with zero attached hydrogens (tertiary/aromatic N) is 2. The number of piperazine rings is 1. The molecule has 1 saturated heterocycles. The summed E-state index contributed by atoms with van der Waals surface area (Å²) in [6, 6.07) is 8.19. The SMILES string of the molecule is Cc1cccc(/C=C/C(=O)N2CCN(CC(C)C)CC2)c1. The van der Waals surface area contributed by atoms with E-state index in [9.17, 15) is 4.79 Å². The van der Waals surface area contributed by atoms with E-state index in [1.165, 1.54) is 5.56 Å². The first-order valence-electron chi connectivity index (χ1n) is 7.80. The molecule has 3 heteroatoms. The molecule has 114 valence electrons. The number of aryl methyl sites for hydroxylation is 1. The molecule has 3 nitrogen and oxygen atoms in total. The largest absolute Gasteiger partial charge is 0.337 e. The van der Waals surface area contributed by atoms with Crippen LogP contribution in [0.25, 0.3) is 6.08 Å². The average Bonchev–Trinajstić information content (AvgIpc) is 2.45. The van der Waals surface area contributed by atoms with Gasteiger partial charge in [0.1, 0.15) is 0 Å². The number of carbonyl (C=O) groups excluding carboxylic acids is 1. The van der Waals surface area contributed by atoms with E-state index in [4.69, 9.17) is 0 Å². The minimum Gasteiger partial charge on any atom is -0.337 e. The van der Waals surface area contributed by atoms with Gasteiger partial charge in [0.15, 0.2) is 0 Å². The van der Waals surface area contributed by atoms with Gasteiger partial charge in [0.2, 0.25) is 5.91 Å². The lowest BCUT2D eigenvalue weighted by molar-refractivity contribution is -0.127. The molecule has 0 atom stereocenters. The van der Waals surface area contributed by atoms with Crippen LogP contribution in [-0.4, -0.2) is 48.4 Å². The third kappa shape index (κ3) is 5.01. The standard InChI is InChI=1S/C18H26N2O/c1-15(2)14-19-9-11-20(12-10-19)18(21)8-7-17-6-4-5-16(3)13-17/h4-8,13,15H,9-12,14H2,1-3H3/b8-7+. The van der Waals surface area contributed by atoms with Crippen molar-refractivity contribution in [3.63, 3.8) is 0 Å². The van der Waals surface area contributed by atoms with Crippen molar-refractivity contribution in [3.05, 3.63) is 41.5 Å². The normalized spacial score (nSPS) is 16.9. The highest BCUT2D eigenvalue weighted by molar-refractivity contribution is 5.91. The Bertz CT molecular complexity index is 500. The van der Waals surface area contributed by atoms with Gasteiger partial charge in [0.25, 0.3) is 0 Å². The second-order valence-corrected chi connectivity index (χ2v) is 6.27. The van der Waals surface area contributed by atoms with Crippen LogP contribution < -0.4 is 0 Å². The fourth-order valence-corrected chi connectivity index (χ4v) is 2.71. The molecular weight excluding hydrogens is 260 g/mol. The third-order valence-corrected chi connectivity index (χ3v) is 3.77. The number of hydrogen-bond acceptors (Lipinski definition) is 2. The minimum absolute atomic E-state index is 0.126. The van der Waals surface area contributed by atoms with Crippen LogP contribution in [0, 0.1) is 12.8 Å². The Kier molecular flexibility index (Phi) is 5.57. The zero-order valence-electron chi connectivity index (χ0n) is 13.4. The van der Waals surface area contributed by atoms with E-state index in [2.05, 4.69) is 37.8 Å². The second kappa shape index (κ2) is 7.41. The van der Waals surface area contributed by atoms with Crippen molar-refractivity contribution < 1.29 is 4.79 Å². The van der Waals surface area contributed by atoms with Crippen LogP contribution in [0.2, 0.25) is 0 Å². The summed E-state index contributed by atoms with van der Waals surface area (Å²) < 4.78 is 0. The predicted molar refractivity (Wildman–Crippen MR) is 88.1 cm³/mol. The van der Waals surface area contributed by atoms with E-state index in [1.807, 2.05) is 23.1 Å². The molecule has 1 amide bonds. The van der Waals surface area contributed by atoms with E-state index in [1.54, 1.807) is 6.08 Å². The summed E-state index contributed by atoms with van der Waals surface area (Å²) in [7, 11) is 0. The fourth-order valence-electron chi connectivity index (χ4n) is 2.71. The van der Waals surface area contributed by atoms with Crippen LogP contribution in [0.5, 0.6) is 0 Å². The van der Waals surface area contributed by atoms with Gasteiger partial charge in [-0.15, -0.1) is 0 Å². The second-order valence-electron chi connectivity index (χ2n) is 6.27. The molecule has 1 fully saturated rings. The Hall–Kier alpha value is -1.61. The van der Waals surface area contributed by atoms with Crippen molar-refractivity contribution in [3.8, 4) is 0 Å². The van der Waals surface area contributed by atoms with E-state index in [-0.39, 0.29) is 5.91 Å². The lowest BCUT2D eigenvalue weighted by Gasteiger charge is -2.35. The lowest BCUT2D eigenvalue weighted by Crippen LogP contribution is -2.49. The number of benzene rings is 1. The van der Waals surface area contributed by atoms with Gasteiger partial charge >= 0.3 is 0 Å². The Balaban J connectivity index is 1.85. The first-order valence-corrected chi connectivity index (χ1v) is 7.80. The Morgan fingerprint density at radius 1 is 1.24 bits per heavy atom. The summed E-state index contributed by atoms with van der Waals surface area (Å²) in [5.41, 5.74) is 2.30. The molecule has 0 unspecified atom stereocenters. The van der Waals surface area contributed by atoms with E-state index in [0.717, 1.165) is 38.3 Å². The molecule has 1 aliphatic rings. The molecule has 1 heterocycles. The van der Waals surface area contributed by atoms with Crippen molar-refractivity contribution in [2.24, 2.45) is 5.92 Å². The smallest absolute Gasteiger partial charge is 0.246 e. The van der Waals surface area contributed by atoms with Crippen molar-refractivity contribution in [2.45, 2.75) is 20.8 Å². The average molecular weight is 286 g/mol. The van der Waals surface area contributed by atoms with Gasteiger partial charge in [-0.2, -0.15) is 0 Å². The summed E-state index contributed by atoms with van der Waals surface area (Å²) in [4.78, 5) is 16.6. The molecule has 0 N–H and O–H groups in total. The molecule has 21 heavy (non-hydrogen) atoms. The zero-order chi connectivity index (χ0) is 15.2. The first-order chi connectivity index (χ1) is 10.0. The minimum atomic E-state index is 0.126. The molecule has 0 saturated carbocycles. The van der Waals surface area contributed by atoms with E-state index < -0.39 is 0 Å². The van der Waals surface area contributed by atoms with Gasteiger partial charge in [-0.25, -0.2) is 0 Å². The van der Waals surface area contributed by atoms with Crippen molar-refractivity contribution in [1.29, 1.82) is 0 Å². The highest BCUT2D eigenvalue weighted by Gasteiger charge is 2.19. The number of amides is 1. The van der Waals surface area contributed by atoms with E-state index in [0.29, 0.717) is 5.92 Å². The first kappa shape index (κ1) is 15.8. The summed E-state index contributed by atoms with van der Waals surface area (Å²) in [6.07, 6.45) is 3.61. The number of carbonyl (C=O) groups is 1. The van der Waals surface area contributed by atoms with Crippen molar-refractivity contribution >= 4 is 12.0 Å². The van der Waals surface area contributed by atoms with Gasteiger partial charge < -0.3 is 4.90 Å². The number of rotatable bonds is 4. The number of hydrogen-bond donors (Lipinski definition) is 0. The summed E-state index contributed by atoms with van der Waals surface area (Å²) in [6.45, 7) is 11.3. The van der Waals surface area contributed by atoms with Gasteiger partial charge in [-0.05, 0) is 24.5 Å². The van der Waals surface area contributed by atoms with Crippen LogP contribution in [0.15, 0.2) is 30.3 Å². The zero-order valence-corrected chi connectivity index (χ0v) is 13.4. The molecule has 0 spiro atoms. The maximum Gasteiger partial charge on any atom is 0.246 e. The summed E-state index contributed by atoms with van der Waals surface area (Å²) in [5, 5.41) is 0. The van der Waals surface area contributed by atoms with Crippen LogP contribution in [0.1, 0.15) is 25.0 Å². The Morgan fingerprint density at radius 2 is 1.95 bits per heavy atom. The van der Waals surface area contributed by atoms with Crippen LogP contribution in [0.3, 0.4) is 0 Å². The molecule has 0 aromatic heterocycles. The van der Waals surface area contributed by atoms with Crippen LogP contribution in [0.4, 0.5) is 0 Å². The van der Waals surface area contributed by atoms with Crippen molar-refractivity contribution in [1.82, 2.24) is 9.80 Å². The maximum absolute atomic E-state index is 12.2. The van der Waals surface area contributed by atoms with Crippen LogP contribution >= 0.6 is 0 Å². The highest BCUT2D eigenvalue weighted by Crippen LogP contribution is 2.08. The third-order valence-electron chi connectivity index (χ3n) is 3.77. The molecule has 1 aliphatic heterocycles. The molecule has 0 aliphatic carbocycles. The predicted octanol–water partition coefficient (Wildman–Crippen LogP) is 2.81. The van der Waals surface area contributed by atoms with Crippen LogP contribution in [-0.2, 0) is 4.79 Å². The molecular formula is C18H26N2O. The fraction of sp³-hybridized carbons (Fsp3) is 0.500. The Labute approximate surface area is 128 Å². The molecule has 0 radical (unpaired) electrons. The van der Waals surface area contributed by atoms with Gasteiger partial charge in [0, 0.05) is 38.8 Å². The maximum atomic E-state index is 12.2. The lowest BCUT2D eigenvalue weighted by atomic mass is 10.1. The topological polar surface area (TPSA) is 23.6 Å². The molecule has 1 aromatic rings.